The topological polar surface area (TPSA) is 91.0 Å². The van der Waals surface area contributed by atoms with Gasteiger partial charge in [-0.1, -0.05) is 56.3 Å². The van der Waals surface area contributed by atoms with Gasteiger partial charge in [0, 0.05) is 29.7 Å². The van der Waals surface area contributed by atoms with Crippen LogP contribution in [-0.2, 0) is 16.4 Å². The molecule has 0 fully saturated rings. The summed E-state index contributed by atoms with van der Waals surface area (Å²) in [7, 11) is 1.91. The molecule has 4 N–H and O–H groups in total. The summed E-state index contributed by atoms with van der Waals surface area (Å²) in [4.78, 5) is 22.9. The summed E-state index contributed by atoms with van der Waals surface area (Å²) in [6.07, 6.45) is -1.15. The molecule has 0 aliphatic heterocycles. The van der Waals surface area contributed by atoms with Gasteiger partial charge in [0.15, 0.2) is 0 Å². The minimum atomic E-state index is -4.49. The van der Waals surface area contributed by atoms with E-state index in [1.165, 1.54) is 6.07 Å². The monoisotopic (exact) mass is 604 g/mol. The number of nitrogens with one attached hydrogen (secondary N) is 4. The molecule has 0 spiro atoms. The van der Waals surface area contributed by atoms with Crippen LogP contribution in [0.25, 0.3) is 11.1 Å². The van der Waals surface area contributed by atoms with Crippen molar-refractivity contribution in [2.45, 2.75) is 51.6 Å². The van der Waals surface area contributed by atoms with Crippen molar-refractivity contribution < 1.29 is 18.0 Å². The molecule has 1 aromatic heterocycles. The Hall–Kier alpha value is -4.44. The molecule has 0 saturated carbocycles. The molecule has 1 heterocycles. The maximum Gasteiger partial charge on any atom is 0.416 e. The number of aromatic nitrogens is 2. The molecule has 0 bridgehead atoms. The average Bonchev–Trinajstić information content (AvgIpc) is 3.01. The highest BCUT2D eigenvalue weighted by Crippen LogP contribution is 2.37. The number of aryl methyl sites for hydroxylation is 1. The minimum absolute atomic E-state index is 0.344. The summed E-state index contributed by atoms with van der Waals surface area (Å²) in [6, 6.07) is 20.3. The SMILES string of the molecule is CCC(CC)(C(=O)Nc1ccc(-c2cnc(Nc3cccc(C)c3)nc2NCCCNC)cc1)c1cccc(C(F)(F)F)c1. The number of hydrogen-bond acceptors (Lipinski definition) is 6. The molecule has 232 valence electrons. The van der Waals surface area contributed by atoms with E-state index in [0.717, 1.165) is 47.5 Å². The lowest BCUT2D eigenvalue weighted by molar-refractivity contribution is -0.137. The Bertz CT molecular complexity index is 1550. The molecule has 0 atom stereocenters. The van der Waals surface area contributed by atoms with Crippen LogP contribution < -0.4 is 21.3 Å². The zero-order valence-corrected chi connectivity index (χ0v) is 25.5. The van der Waals surface area contributed by atoms with Crippen LogP contribution in [0.5, 0.6) is 0 Å². The number of anilines is 4. The Morgan fingerprint density at radius 2 is 1.57 bits per heavy atom. The Kier molecular flexibility index (Phi) is 10.6. The lowest BCUT2D eigenvalue weighted by Crippen LogP contribution is -2.39. The molecule has 0 aliphatic carbocycles. The molecule has 3 aromatic carbocycles. The van der Waals surface area contributed by atoms with Crippen molar-refractivity contribution in [1.29, 1.82) is 0 Å². The lowest BCUT2D eigenvalue weighted by atomic mass is 9.74. The van der Waals surface area contributed by atoms with E-state index < -0.39 is 17.2 Å². The predicted molar refractivity (Wildman–Crippen MR) is 171 cm³/mol. The van der Waals surface area contributed by atoms with Crippen molar-refractivity contribution in [2.75, 3.05) is 36.1 Å². The molecule has 0 saturated heterocycles. The molecule has 4 rings (SSSR count). The number of hydrogen-bond donors (Lipinski definition) is 4. The van der Waals surface area contributed by atoms with Crippen LogP contribution in [0.15, 0.2) is 79.0 Å². The Labute approximate surface area is 256 Å². The summed E-state index contributed by atoms with van der Waals surface area (Å²) < 4.78 is 40.3. The van der Waals surface area contributed by atoms with Gasteiger partial charge >= 0.3 is 6.18 Å². The van der Waals surface area contributed by atoms with E-state index in [1.54, 1.807) is 24.4 Å². The van der Waals surface area contributed by atoms with Crippen molar-refractivity contribution >= 4 is 29.0 Å². The van der Waals surface area contributed by atoms with Crippen LogP contribution in [0, 0.1) is 6.92 Å². The molecule has 7 nitrogen and oxygen atoms in total. The first kappa shape index (κ1) is 32.5. The second-order valence-electron chi connectivity index (χ2n) is 10.7. The first-order valence-electron chi connectivity index (χ1n) is 14.8. The number of amides is 1. The zero-order chi connectivity index (χ0) is 31.7. The van der Waals surface area contributed by atoms with Crippen LogP contribution in [0.1, 0.15) is 49.8 Å². The van der Waals surface area contributed by atoms with Gasteiger partial charge in [-0.05, 0) is 86.8 Å². The average molecular weight is 605 g/mol. The fourth-order valence-corrected chi connectivity index (χ4v) is 5.20. The van der Waals surface area contributed by atoms with Crippen molar-refractivity contribution in [1.82, 2.24) is 15.3 Å². The molecule has 0 unspecified atom stereocenters. The van der Waals surface area contributed by atoms with Gasteiger partial charge in [-0.2, -0.15) is 18.2 Å². The van der Waals surface area contributed by atoms with Crippen molar-refractivity contribution in [2.24, 2.45) is 0 Å². The van der Waals surface area contributed by atoms with Gasteiger partial charge in [0.25, 0.3) is 0 Å². The summed E-state index contributed by atoms with van der Waals surface area (Å²) in [5, 5.41) is 12.8. The molecular weight excluding hydrogens is 565 g/mol. The van der Waals surface area contributed by atoms with Gasteiger partial charge in [-0.15, -0.1) is 0 Å². The third kappa shape index (κ3) is 7.74. The Morgan fingerprint density at radius 1 is 0.864 bits per heavy atom. The minimum Gasteiger partial charge on any atom is -0.369 e. The molecule has 4 aromatic rings. The first-order valence-corrected chi connectivity index (χ1v) is 14.8. The highest BCUT2D eigenvalue weighted by Gasteiger charge is 2.39. The molecule has 0 radical (unpaired) electrons. The van der Waals surface area contributed by atoms with Gasteiger partial charge in [0.1, 0.15) is 5.82 Å². The van der Waals surface area contributed by atoms with Crippen LogP contribution in [0.3, 0.4) is 0 Å². The normalized spacial score (nSPS) is 11.7. The summed E-state index contributed by atoms with van der Waals surface area (Å²) in [5.74, 6) is 0.782. The Balaban J connectivity index is 1.57. The highest BCUT2D eigenvalue weighted by atomic mass is 19.4. The molecule has 44 heavy (non-hydrogen) atoms. The van der Waals surface area contributed by atoms with Crippen molar-refractivity contribution in [3.63, 3.8) is 0 Å². The highest BCUT2D eigenvalue weighted by molar-refractivity contribution is 5.99. The van der Waals surface area contributed by atoms with E-state index in [-0.39, 0.29) is 5.91 Å². The maximum atomic E-state index is 13.6. The number of benzene rings is 3. The second kappa shape index (κ2) is 14.4. The molecule has 10 heteroatoms. The van der Waals surface area contributed by atoms with Crippen molar-refractivity contribution in [3.8, 4) is 11.1 Å². The van der Waals surface area contributed by atoms with Crippen molar-refractivity contribution in [3.05, 3.63) is 95.7 Å². The summed E-state index contributed by atoms with van der Waals surface area (Å²) >= 11 is 0. The molecular formula is C34H39F3N6O. The van der Waals surface area contributed by atoms with Crippen LogP contribution in [-0.4, -0.2) is 36.0 Å². The van der Waals surface area contributed by atoms with E-state index in [0.29, 0.717) is 42.4 Å². The van der Waals surface area contributed by atoms with Gasteiger partial charge in [0.2, 0.25) is 11.9 Å². The lowest BCUT2D eigenvalue weighted by Gasteiger charge is -2.31. The fraction of sp³-hybridized carbons (Fsp3) is 0.324. The molecule has 0 aliphatic rings. The summed E-state index contributed by atoms with van der Waals surface area (Å²) in [6.45, 7) is 7.21. The first-order chi connectivity index (χ1) is 21.1. The number of carbonyl (C=O) groups is 1. The number of alkyl halides is 3. The zero-order valence-electron chi connectivity index (χ0n) is 25.5. The number of rotatable bonds is 13. The number of nitrogens with zero attached hydrogens (tertiary/aromatic N) is 2. The van der Waals surface area contributed by atoms with Crippen LogP contribution in [0.4, 0.5) is 36.3 Å². The fourth-order valence-electron chi connectivity index (χ4n) is 5.20. The largest absolute Gasteiger partial charge is 0.416 e. The van der Waals surface area contributed by atoms with Gasteiger partial charge in [0.05, 0.1) is 11.0 Å². The Morgan fingerprint density at radius 3 is 2.23 bits per heavy atom. The molecule has 1 amide bonds. The second-order valence-corrected chi connectivity index (χ2v) is 10.7. The van der Waals surface area contributed by atoms with Gasteiger partial charge < -0.3 is 21.3 Å². The van der Waals surface area contributed by atoms with Gasteiger partial charge in [-0.25, -0.2) is 4.98 Å². The third-order valence-electron chi connectivity index (χ3n) is 7.80. The van der Waals surface area contributed by atoms with E-state index in [9.17, 15) is 18.0 Å². The van der Waals surface area contributed by atoms with E-state index >= 15 is 0 Å². The number of carbonyl (C=O) groups excluding carboxylic acids is 1. The number of halogens is 3. The predicted octanol–water partition coefficient (Wildman–Crippen LogP) is 7.93. The quantitative estimate of drug-likeness (QED) is 0.116. The summed E-state index contributed by atoms with van der Waals surface area (Å²) in [5.41, 5.74) is 2.65. The maximum absolute atomic E-state index is 13.6. The standard InChI is InChI=1S/C34H39F3N6O/c1-5-33(6-2,25-11-8-12-26(21-25)34(35,36)37)31(44)41-27-16-14-24(15-17-27)29-22-40-32(42-28-13-7-10-23(3)20-28)43-30(29)39-19-9-18-38-4/h7-8,10-17,20-22,38H,5-6,9,18-19H2,1-4H3,(H,41,44)(H2,39,40,42,43). The van der Waals surface area contributed by atoms with E-state index in [4.69, 9.17) is 4.98 Å². The van der Waals surface area contributed by atoms with E-state index in [1.807, 2.05) is 64.2 Å². The van der Waals surface area contributed by atoms with Gasteiger partial charge in [-0.3, -0.25) is 4.79 Å². The van der Waals surface area contributed by atoms with Crippen LogP contribution in [0.2, 0.25) is 0 Å². The smallest absolute Gasteiger partial charge is 0.369 e. The van der Waals surface area contributed by atoms with E-state index in [2.05, 4.69) is 26.3 Å². The van der Waals surface area contributed by atoms with Crippen LogP contribution >= 0.6 is 0 Å². The third-order valence-corrected chi connectivity index (χ3v) is 7.80.